The summed E-state index contributed by atoms with van der Waals surface area (Å²) in [6.45, 7) is 3.32. The van der Waals surface area contributed by atoms with Gasteiger partial charge in [0.05, 0.1) is 31.8 Å². The third-order valence-corrected chi connectivity index (χ3v) is 3.39. The Hall–Kier alpha value is -1.60. The molecule has 0 aliphatic heterocycles. The molecule has 2 heterocycles. The van der Waals surface area contributed by atoms with Crippen LogP contribution in [-0.2, 0) is 22.6 Å². The zero-order valence-electron chi connectivity index (χ0n) is 13.5. The van der Waals surface area contributed by atoms with Crippen molar-refractivity contribution in [1.29, 1.82) is 0 Å². The van der Waals surface area contributed by atoms with Gasteiger partial charge >= 0.3 is 0 Å². The van der Waals surface area contributed by atoms with Crippen LogP contribution < -0.4 is 0 Å². The van der Waals surface area contributed by atoms with Crippen LogP contribution >= 0.6 is 0 Å². The van der Waals surface area contributed by atoms with E-state index in [4.69, 9.17) is 18.3 Å². The van der Waals surface area contributed by atoms with Crippen molar-refractivity contribution in [3.05, 3.63) is 48.3 Å². The molecule has 2 aromatic rings. The van der Waals surface area contributed by atoms with Gasteiger partial charge in [0, 0.05) is 26.8 Å². The lowest BCUT2D eigenvalue weighted by Gasteiger charge is -2.24. The van der Waals surface area contributed by atoms with E-state index in [9.17, 15) is 5.11 Å². The Labute approximate surface area is 136 Å². The number of rotatable bonds is 12. The van der Waals surface area contributed by atoms with Crippen molar-refractivity contribution in [2.45, 2.75) is 25.7 Å². The number of aliphatic hydroxyl groups excluding tert-OH is 1. The van der Waals surface area contributed by atoms with Crippen molar-refractivity contribution in [3.8, 4) is 0 Å². The molecule has 0 aliphatic rings. The fourth-order valence-electron chi connectivity index (χ4n) is 2.33. The van der Waals surface area contributed by atoms with E-state index >= 15 is 0 Å². The largest absolute Gasteiger partial charge is 0.468 e. The third-order valence-electron chi connectivity index (χ3n) is 3.39. The van der Waals surface area contributed by atoms with Gasteiger partial charge in [0.25, 0.3) is 0 Å². The maximum Gasteiger partial charge on any atom is 0.129 e. The lowest BCUT2D eigenvalue weighted by atomic mass is 10.3. The molecule has 0 aromatic carbocycles. The molecule has 0 spiro atoms. The average Bonchev–Trinajstić information content (AvgIpc) is 3.21. The predicted octanol–water partition coefficient (Wildman–Crippen LogP) is 2.29. The molecule has 6 heteroatoms. The topological polar surface area (TPSA) is 68.2 Å². The molecule has 0 saturated carbocycles. The third kappa shape index (κ3) is 7.00. The molecule has 1 N–H and O–H groups in total. The fourth-order valence-corrected chi connectivity index (χ4v) is 2.33. The highest BCUT2D eigenvalue weighted by Gasteiger charge is 2.14. The Morgan fingerprint density at radius 3 is 2.57 bits per heavy atom. The average molecular weight is 323 g/mol. The molecule has 128 valence electrons. The van der Waals surface area contributed by atoms with E-state index in [2.05, 4.69) is 4.90 Å². The number of furan rings is 2. The Morgan fingerprint density at radius 1 is 1.17 bits per heavy atom. The lowest BCUT2D eigenvalue weighted by Crippen LogP contribution is -2.35. The second-order valence-electron chi connectivity index (χ2n) is 5.41. The quantitative estimate of drug-likeness (QED) is 0.605. The molecule has 0 radical (unpaired) electrons. The summed E-state index contributed by atoms with van der Waals surface area (Å²) in [5.74, 6) is 1.64. The molecule has 0 fully saturated rings. The predicted molar refractivity (Wildman–Crippen MR) is 84.8 cm³/mol. The molecule has 0 saturated heterocycles. The number of nitrogens with zero attached hydrogens (tertiary/aromatic N) is 1. The van der Waals surface area contributed by atoms with Crippen LogP contribution in [0.1, 0.15) is 17.9 Å². The van der Waals surface area contributed by atoms with Gasteiger partial charge < -0.3 is 23.4 Å². The Kier molecular flexibility index (Phi) is 7.89. The van der Waals surface area contributed by atoms with Gasteiger partial charge in [0.2, 0.25) is 0 Å². The van der Waals surface area contributed by atoms with Gasteiger partial charge in [-0.25, -0.2) is 0 Å². The van der Waals surface area contributed by atoms with Gasteiger partial charge in [-0.3, -0.25) is 4.90 Å². The molecule has 1 atom stereocenters. The maximum atomic E-state index is 10.2. The normalized spacial score (nSPS) is 12.8. The summed E-state index contributed by atoms with van der Waals surface area (Å²) < 4.78 is 21.1. The molecule has 2 rings (SSSR count). The summed E-state index contributed by atoms with van der Waals surface area (Å²) in [6.07, 6.45) is 3.60. The van der Waals surface area contributed by atoms with Crippen LogP contribution in [0.3, 0.4) is 0 Å². The van der Waals surface area contributed by atoms with Gasteiger partial charge in [-0.2, -0.15) is 0 Å². The van der Waals surface area contributed by atoms with Crippen molar-refractivity contribution in [1.82, 2.24) is 4.90 Å². The Balaban J connectivity index is 1.73. The zero-order chi connectivity index (χ0) is 16.3. The minimum Gasteiger partial charge on any atom is -0.468 e. The van der Waals surface area contributed by atoms with Crippen LogP contribution in [0.25, 0.3) is 0 Å². The highest BCUT2D eigenvalue weighted by Crippen LogP contribution is 2.08. The van der Waals surface area contributed by atoms with Crippen LogP contribution in [0.4, 0.5) is 0 Å². The first-order valence-corrected chi connectivity index (χ1v) is 7.80. The fraction of sp³-hybridized carbons (Fsp3) is 0.529. The summed E-state index contributed by atoms with van der Waals surface area (Å²) in [7, 11) is 1.69. The van der Waals surface area contributed by atoms with Crippen molar-refractivity contribution in [2.24, 2.45) is 0 Å². The van der Waals surface area contributed by atoms with Crippen LogP contribution in [0.5, 0.6) is 0 Å². The number of hydrogen-bond donors (Lipinski definition) is 1. The molecular weight excluding hydrogens is 298 g/mol. The van der Waals surface area contributed by atoms with Crippen LogP contribution in [-0.4, -0.2) is 49.5 Å². The van der Waals surface area contributed by atoms with Crippen LogP contribution in [0.15, 0.2) is 45.6 Å². The number of hydrogen-bond acceptors (Lipinski definition) is 6. The summed E-state index contributed by atoms with van der Waals surface area (Å²) in [6, 6.07) is 7.46. The first kappa shape index (κ1) is 17.7. The summed E-state index contributed by atoms with van der Waals surface area (Å²) in [5.41, 5.74) is 0. The van der Waals surface area contributed by atoms with Gasteiger partial charge in [0.1, 0.15) is 18.1 Å². The molecule has 6 nitrogen and oxygen atoms in total. The van der Waals surface area contributed by atoms with Crippen LogP contribution in [0, 0.1) is 0 Å². The van der Waals surface area contributed by atoms with E-state index in [0.717, 1.165) is 24.5 Å². The first-order chi connectivity index (χ1) is 11.3. The van der Waals surface area contributed by atoms with Crippen molar-refractivity contribution in [3.63, 3.8) is 0 Å². The van der Waals surface area contributed by atoms with E-state index in [-0.39, 0.29) is 6.61 Å². The van der Waals surface area contributed by atoms with Gasteiger partial charge in [-0.05, 0) is 30.7 Å². The number of aliphatic hydroxyl groups is 1. The van der Waals surface area contributed by atoms with Gasteiger partial charge in [-0.1, -0.05) is 0 Å². The zero-order valence-corrected chi connectivity index (χ0v) is 13.5. The van der Waals surface area contributed by atoms with E-state index in [1.807, 2.05) is 24.3 Å². The van der Waals surface area contributed by atoms with Gasteiger partial charge in [0.15, 0.2) is 0 Å². The smallest absolute Gasteiger partial charge is 0.129 e. The SMILES string of the molecule is COCCCN(Cc1ccco1)C[C@@H](O)COCc1ccco1. The van der Waals surface area contributed by atoms with E-state index in [1.54, 1.807) is 19.6 Å². The van der Waals surface area contributed by atoms with Crippen molar-refractivity contribution in [2.75, 3.05) is 33.4 Å². The summed E-state index contributed by atoms with van der Waals surface area (Å²) >= 11 is 0. The Morgan fingerprint density at radius 2 is 1.91 bits per heavy atom. The highest BCUT2D eigenvalue weighted by molar-refractivity contribution is 4.98. The first-order valence-electron chi connectivity index (χ1n) is 7.80. The van der Waals surface area contributed by atoms with Crippen molar-refractivity contribution >= 4 is 0 Å². The molecule has 0 bridgehead atoms. The monoisotopic (exact) mass is 323 g/mol. The lowest BCUT2D eigenvalue weighted by molar-refractivity contribution is 0.00193. The molecular formula is C17H25NO5. The molecule has 23 heavy (non-hydrogen) atoms. The Bertz CT molecular complexity index is 497. The second-order valence-corrected chi connectivity index (χ2v) is 5.41. The molecule has 0 unspecified atom stereocenters. The minimum absolute atomic E-state index is 0.264. The number of ether oxygens (including phenoxy) is 2. The minimum atomic E-state index is -0.567. The highest BCUT2D eigenvalue weighted by atomic mass is 16.5. The second kappa shape index (κ2) is 10.2. The summed E-state index contributed by atoms with van der Waals surface area (Å²) in [4.78, 5) is 2.14. The maximum absolute atomic E-state index is 10.2. The van der Waals surface area contributed by atoms with E-state index in [1.165, 1.54) is 0 Å². The van der Waals surface area contributed by atoms with Crippen LogP contribution in [0.2, 0.25) is 0 Å². The van der Waals surface area contributed by atoms with E-state index < -0.39 is 6.10 Å². The van der Waals surface area contributed by atoms with Gasteiger partial charge in [-0.15, -0.1) is 0 Å². The molecule has 0 aliphatic carbocycles. The molecule has 2 aromatic heterocycles. The van der Waals surface area contributed by atoms with Crippen molar-refractivity contribution < 1.29 is 23.4 Å². The van der Waals surface area contributed by atoms with E-state index in [0.29, 0.717) is 26.3 Å². The standard InChI is InChI=1S/C17H25NO5/c1-20-8-4-7-18(12-16-5-2-9-22-16)11-15(19)13-21-14-17-6-3-10-23-17/h2-3,5-6,9-10,15,19H,4,7-8,11-14H2,1H3/t15-/m1/s1. The number of methoxy groups -OCH3 is 1. The summed E-state index contributed by atoms with van der Waals surface area (Å²) in [5, 5.41) is 10.2. The molecule has 0 amide bonds.